The number of aryl methyl sites for hydroxylation is 2. The second kappa shape index (κ2) is 7.82. The number of anilines is 1. The minimum atomic E-state index is -0.112. The van der Waals surface area contributed by atoms with E-state index in [9.17, 15) is 4.79 Å². The summed E-state index contributed by atoms with van der Waals surface area (Å²) in [7, 11) is 0. The number of carbonyl (C=O) groups excluding carboxylic acids is 1. The number of benzene rings is 2. The van der Waals surface area contributed by atoms with Gasteiger partial charge in [0.1, 0.15) is 16.9 Å². The zero-order valence-electron chi connectivity index (χ0n) is 15.6. The quantitative estimate of drug-likeness (QED) is 0.387. The van der Waals surface area contributed by atoms with Crippen molar-refractivity contribution in [3.05, 3.63) is 77.4 Å². The van der Waals surface area contributed by atoms with Crippen LogP contribution < -0.4 is 5.32 Å². The number of hydrogen-bond acceptors (Lipinski definition) is 5. The van der Waals surface area contributed by atoms with Gasteiger partial charge >= 0.3 is 0 Å². The molecule has 0 saturated carbocycles. The maximum absolute atomic E-state index is 12.5. The van der Waals surface area contributed by atoms with Crippen molar-refractivity contribution in [1.29, 1.82) is 0 Å². The maximum Gasteiger partial charge on any atom is 0.255 e. The molecule has 2 aromatic carbocycles. The Morgan fingerprint density at radius 3 is 2.54 bits per heavy atom. The number of nitrogens with one attached hydrogen (secondary N) is 2. The molecule has 28 heavy (non-hydrogen) atoms. The summed E-state index contributed by atoms with van der Waals surface area (Å²) in [5.41, 5.74) is 6.31. The average molecular weight is 389 g/mol. The van der Waals surface area contributed by atoms with Crippen LogP contribution in [0.1, 0.15) is 27.0 Å². The van der Waals surface area contributed by atoms with Crippen LogP contribution in [-0.4, -0.2) is 25.8 Å². The summed E-state index contributed by atoms with van der Waals surface area (Å²) >= 11 is 1.60. The summed E-state index contributed by atoms with van der Waals surface area (Å²) in [4.78, 5) is 28.2. The molecular formula is C21H19N5OS. The predicted molar refractivity (Wildman–Crippen MR) is 112 cm³/mol. The highest BCUT2D eigenvalue weighted by Crippen LogP contribution is 2.25. The number of imidazole rings is 1. The molecule has 0 unspecified atom stereocenters. The van der Waals surface area contributed by atoms with E-state index in [1.807, 2.05) is 50.2 Å². The summed E-state index contributed by atoms with van der Waals surface area (Å²) in [6, 6.07) is 13.6. The standard InChI is InChI=1S/C21H19N5OS/c1-13-7-14(2)9-17(8-13)26-20(27)16-5-3-15(4-6-16)10-28-21-18-19(23-11-22-18)24-12-25-21/h3-9,11-12H,10H2,1-2H3,(H,26,27)(H,22,23,24,25). The minimum Gasteiger partial charge on any atom is -0.341 e. The Morgan fingerprint density at radius 2 is 1.79 bits per heavy atom. The lowest BCUT2D eigenvalue weighted by molar-refractivity contribution is 0.102. The monoisotopic (exact) mass is 389 g/mol. The van der Waals surface area contributed by atoms with Gasteiger partial charge in [0.25, 0.3) is 5.91 Å². The van der Waals surface area contributed by atoms with Gasteiger partial charge in [-0.2, -0.15) is 0 Å². The maximum atomic E-state index is 12.5. The molecule has 4 rings (SSSR count). The number of aromatic amines is 1. The third-order valence-corrected chi connectivity index (χ3v) is 5.32. The molecule has 1 amide bonds. The van der Waals surface area contributed by atoms with Crippen LogP contribution in [0.15, 0.2) is 60.1 Å². The highest BCUT2D eigenvalue weighted by Gasteiger charge is 2.09. The van der Waals surface area contributed by atoms with Crippen LogP contribution in [0.4, 0.5) is 5.69 Å². The van der Waals surface area contributed by atoms with Crippen molar-refractivity contribution in [2.75, 3.05) is 5.32 Å². The van der Waals surface area contributed by atoms with E-state index in [1.54, 1.807) is 18.1 Å². The van der Waals surface area contributed by atoms with Gasteiger partial charge in [-0.3, -0.25) is 4.79 Å². The lowest BCUT2D eigenvalue weighted by atomic mass is 10.1. The van der Waals surface area contributed by atoms with Crippen molar-refractivity contribution in [3.63, 3.8) is 0 Å². The van der Waals surface area contributed by atoms with E-state index in [1.165, 1.54) is 6.33 Å². The lowest BCUT2D eigenvalue weighted by Crippen LogP contribution is -2.12. The molecule has 0 radical (unpaired) electrons. The van der Waals surface area contributed by atoms with Gasteiger partial charge in [-0.15, -0.1) is 0 Å². The number of fused-ring (bicyclic) bond motifs is 1. The van der Waals surface area contributed by atoms with Crippen LogP contribution in [0.2, 0.25) is 0 Å². The largest absolute Gasteiger partial charge is 0.341 e. The smallest absolute Gasteiger partial charge is 0.255 e. The number of amides is 1. The third-order valence-electron chi connectivity index (χ3n) is 4.26. The van der Waals surface area contributed by atoms with E-state index in [4.69, 9.17) is 0 Å². The predicted octanol–water partition coefficient (Wildman–Crippen LogP) is 4.51. The Balaban J connectivity index is 1.42. The highest BCUT2D eigenvalue weighted by molar-refractivity contribution is 7.98. The van der Waals surface area contributed by atoms with Gasteiger partial charge in [-0.1, -0.05) is 30.0 Å². The number of hydrogen-bond donors (Lipinski definition) is 2. The van der Waals surface area contributed by atoms with Crippen LogP contribution in [-0.2, 0) is 5.75 Å². The van der Waals surface area contributed by atoms with Gasteiger partial charge in [-0.05, 0) is 54.8 Å². The first kappa shape index (κ1) is 18.2. The minimum absolute atomic E-state index is 0.112. The average Bonchev–Trinajstić information content (AvgIpc) is 3.15. The lowest BCUT2D eigenvalue weighted by Gasteiger charge is -2.08. The first-order valence-electron chi connectivity index (χ1n) is 8.84. The van der Waals surface area contributed by atoms with Crippen LogP contribution in [0.25, 0.3) is 11.2 Å². The molecular weight excluding hydrogens is 370 g/mol. The van der Waals surface area contributed by atoms with Gasteiger partial charge in [-0.25, -0.2) is 15.0 Å². The zero-order valence-corrected chi connectivity index (χ0v) is 16.4. The Hall–Kier alpha value is -3.19. The van der Waals surface area contributed by atoms with Crippen LogP contribution >= 0.6 is 11.8 Å². The van der Waals surface area contributed by atoms with Gasteiger partial charge < -0.3 is 10.3 Å². The second-order valence-electron chi connectivity index (χ2n) is 6.60. The van der Waals surface area contributed by atoms with Gasteiger partial charge in [0.05, 0.1) is 6.33 Å². The number of carbonyl (C=O) groups is 1. The molecule has 0 fully saturated rings. The van der Waals surface area contributed by atoms with E-state index in [-0.39, 0.29) is 5.91 Å². The SMILES string of the molecule is Cc1cc(C)cc(NC(=O)c2ccc(CSc3ncnc4nc[nH]c34)cc2)c1. The molecule has 0 bridgehead atoms. The van der Waals surface area contributed by atoms with E-state index >= 15 is 0 Å². The Morgan fingerprint density at radius 1 is 1.04 bits per heavy atom. The molecule has 4 aromatic rings. The summed E-state index contributed by atoms with van der Waals surface area (Å²) in [6.45, 7) is 4.04. The summed E-state index contributed by atoms with van der Waals surface area (Å²) in [5.74, 6) is 0.628. The van der Waals surface area contributed by atoms with Gasteiger partial charge in [0, 0.05) is 17.0 Å². The Labute approximate surface area is 166 Å². The number of thioether (sulfide) groups is 1. The fraction of sp³-hybridized carbons (Fsp3) is 0.143. The summed E-state index contributed by atoms with van der Waals surface area (Å²) < 4.78 is 0. The summed E-state index contributed by atoms with van der Waals surface area (Å²) in [6.07, 6.45) is 3.14. The first-order chi connectivity index (χ1) is 13.6. The number of H-pyrrole nitrogens is 1. The third kappa shape index (κ3) is 4.04. The fourth-order valence-corrected chi connectivity index (χ4v) is 3.92. The van der Waals surface area contributed by atoms with Crippen molar-refractivity contribution in [1.82, 2.24) is 19.9 Å². The van der Waals surface area contributed by atoms with Crippen LogP contribution in [0.3, 0.4) is 0 Å². The molecule has 140 valence electrons. The topological polar surface area (TPSA) is 83.6 Å². The normalized spacial score (nSPS) is 10.9. The molecule has 2 N–H and O–H groups in total. The molecule has 2 aromatic heterocycles. The number of nitrogens with zero attached hydrogens (tertiary/aromatic N) is 3. The van der Waals surface area contributed by atoms with Crippen molar-refractivity contribution < 1.29 is 4.79 Å². The van der Waals surface area contributed by atoms with E-state index in [2.05, 4.69) is 31.3 Å². The van der Waals surface area contributed by atoms with Crippen LogP contribution in [0, 0.1) is 13.8 Å². The van der Waals surface area contributed by atoms with Crippen molar-refractivity contribution in [2.45, 2.75) is 24.6 Å². The molecule has 2 heterocycles. The van der Waals surface area contributed by atoms with E-state index in [0.29, 0.717) is 11.2 Å². The molecule has 0 saturated heterocycles. The molecule has 0 aliphatic rings. The zero-order chi connectivity index (χ0) is 19.5. The summed E-state index contributed by atoms with van der Waals surface area (Å²) in [5, 5.41) is 3.82. The second-order valence-corrected chi connectivity index (χ2v) is 7.56. The first-order valence-corrected chi connectivity index (χ1v) is 9.82. The number of rotatable bonds is 5. The van der Waals surface area contributed by atoms with Gasteiger partial charge in [0.15, 0.2) is 5.65 Å². The van der Waals surface area contributed by atoms with Crippen LogP contribution in [0.5, 0.6) is 0 Å². The highest BCUT2D eigenvalue weighted by atomic mass is 32.2. The fourth-order valence-electron chi connectivity index (χ4n) is 3.01. The molecule has 0 spiro atoms. The molecule has 0 aliphatic heterocycles. The van der Waals surface area contributed by atoms with Crippen molar-refractivity contribution in [3.8, 4) is 0 Å². The van der Waals surface area contributed by atoms with Gasteiger partial charge in [0.2, 0.25) is 0 Å². The number of aromatic nitrogens is 4. The molecule has 0 atom stereocenters. The Bertz CT molecular complexity index is 1120. The molecule has 7 heteroatoms. The van der Waals surface area contributed by atoms with E-state index < -0.39 is 0 Å². The van der Waals surface area contributed by atoms with Crippen molar-refractivity contribution in [2.24, 2.45) is 0 Å². The molecule has 0 aliphatic carbocycles. The molecule has 6 nitrogen and oxygen atoms in total. The Kier molecular flexibility index (Phi) is 5.08. The van der Waals surface area contributed by atoms with E-state index in [0.717, 1.165) is 38.7 Å². The van der Waals surface area contributed by atoms with Crippen molar-refractivity contribution >= 4 is 34.5 Å².